The Morgan fingerprint density at radius 2 is 2.16 bits per heavy atom. The van der Waals surface area contributed by atoms with Gasteiger partial charge in [0.05, 0.1) is 24.3 Å². The molecule has 0 aromatic carbocycles. The molecule has 1 amide bonds. The van der Waals surface area contributed by atoms with Crippen molar-refractivity contribution >= 4 is 17.3 Å². The number of H-pyrrole nitrogens is 1. The predicted molar refractivity (Wildman–Crippen MR) is 98.1 cm³/mol. The van der Waals surface area contributed by atoms with E-state index in [1.165, 1.54) is 12.5 Å². The third kappa shape index (κ3) is 5.11. The summed E-state index contributed by atoms with van der Waals surface area (Å²) in [4.78, 5) is 38.1. The maximum Gasteiger partial charge on any atom is 0.263 e. The standard InChI is InChI=1S/C18H19N5O2/c1-12(2)23-15-7-6-13(9-16(15)19-3)5-4-8-21-17(24)14-10-20-11-22-18(14)25/h6-7,9-12H,8H2,1-3H3,(H,21,24)(H,20,22,25). The molecule has 7 heteroatoms. The van der Waals surface area contributed by atoms with E-state index in [0.29, 0.717) is 0 Å². The van der Waals surface area contributed by atoms with Gasteiger partial charge < -0.3 is 10.3 Å². The van der Waals surface area contributed by atoms with Crippen molar-refractivity contribution in [3.05, 3.63) is 52.2 Å². The van der Waals surface area contributed by atoms with Crippen molar-refractivity contribution < 1.29 is 4.79 Å². The zero-order valence-corrected chi connectivity index (χ0v) is 14.3. The third-order valence-corrected chi connectivity index (χ3v) is 3.15. The fourth-order valence-electron chi connectivity index (χ4n) is 2.04. The molecule has 1 aliphatic rings. The Kier molecular flexibility index (Phi) is 6.18. The van der Waals surface area contributed by atoms with Gasteiger partial charge >= 0.3 is 0 Å². The van der Waals surface area contributed by atoms with E-state index in [9.17, 15) is 9.59 Å². The van der Waals surface area contributed by atoms with Gasteiger partial charge in [0, 0.05) is 24.9 Å². The number of nitrogens with zero attached hydrogens (tertiary/aromatic N) is 3. The van der Waals surface area contributed by atoms with Crippen molar-refractivity contribution in [2.24, 2.45) is 9.98 Å². The van der Waals surface area contributed by atoms with Gasteiger partial charge in [-0.1, -0.05) is 11.8 Å². The van der Waals surface area contributed by atoms with Crippen LogP contribution in [0.4, 0.5) is 0 Å². The number of nitrogens with one attached hydrogen (secondary N) is 2. The van der Waals surface area contributed by atoms with Crippen LogP contribution in [0.25, 0.3) is 0 Å². The lowest BCUT2D eigenvalue weighted by Gasteiger charge is -2.08. The molecular formula is C18H19N5O2. The second-order valence-electron chi connectivity index (χ2n) is 5.43. The van der Waals surface area contributed by atoms with Crippen LogP contribution >= 0.6 is 0 Å². The first-order valence-corrected chi connectivity index (χ1v) is 7.75. The average Bonchev–Trinajstić information content (AvgIpc) is 2.59. The Morgan fingerprint density at radius 1 is 1.36 bits per heavy atom. The lowest BCUT2D eigenvalue weighted by molar-refractivity contribution is 0.0956. The van der Waals surface area contributed by atoms with Gasteiger partial charge in [-0.25, -0.2) is 4.98 Å². The SMILES string of the molecule is CN=C1C=C(C#CCNC(=O)c2cnc[nH]c2=O)C=CC1=NC(C)C. The molecule has 0 radical (unpaired) electrons. The number of aliphatic imine (C=N–C) groups is 2. The number of hydrogen-bond acceptors (Lipinski definition) is 5. The van der Waals surface area contributed by atoms with Crippen LogP contribution in [0.15, 0.2) is 51.1 Å². The molecule has 2 N–H and O–H groups in total. The van der Waals surface area contributed by atoms with Crippen molar-refractivity contribution in [2.45, 2.75) is 19.9 Å². The second-order valence-corrected chi connectivity index (χ2v) is 5.43. The molecule has 25 heavy (non-hydrogen) atoms. The number of rotatable bonds is 3. The predicted octanol–water partition coefficient (Wildman–Crippen LogP) is 0.919. The molecule has 1 aliphatic carbocycles. The molecule has 0 unspecified atom stereocenters. The van der Waals surface area contributed by atoms with Crippen LogP contribution in [0.2, 0.25) is 0 Å². The molecule has 0 saturated heterocycles. The summed E-state index contributed by atoms with van der Waals surface area (Å²) < 4.78 is 0. The maximum absolute atomic E-state index is 11.9. The van der Waals surface area contributed by atoms with E-state index in [1.54, 1.807) is 7.05 Å². The molecule has 0 fully saturated rings. The highest BCUT2D eigenvalue weighted by atomic mass is 16.2. The third-order valence-electron chi connectivity index (χ3n) is 3.15. The van der Waals surface area contributed by atoms with Crippen LogP contribution in [0, 0.1) is 11.8 Å². The van der Waals surface area contributed by atoms with Crippen LogP contribution in [0.1, 0.15) is 24.2 Å². The molecule has 0 saturated carbocycles. The summed E-state index contributed by atoms with van der Waals surface area (Å²) in [6, 6.07) is 0.184. The first kappa shape index (κ1) is 18.1. The van der Waals surface area contributed by atoms with Crippen LogP contribution in [0.3, 0.4) is 0 Å². The van der Waals surface area contributed by atoms with E-state index in [-0.39, 0.29) is 18.2 Å². The normalized spacial score (nSPS) is 16.6. The van der Waals surface area contributed by atoms with Crippen LogP contribution < -0.4 is 10.9 Å². The van der Waals surface area contributed by atoms with Gasteiger partial charge in [-0.3, -0.25) is 19.6 Å². The summed E-state index contributed by atoms with van der Waals surface area (Å²) in [5, 5.41) is 2.56. The summed E-state index contributed by atoms with van der Waals surface area (Å²) >= 11 is 0. The van der Waals surface area contributed by atoms with Gasteiger partial charge in [0.2, 0.25) is 0 Å². The van der Waals surface area contributed by atoms with E-state index in [0.717, 1.165) is 17.0 Å². The minimum Gasteiger partial charge on any atom is -0.341 e. The first-order chi connectivity index (χ1) is 12.0. The smallest absolute Gasteiger partial charge is 0.263 e. The first-order valence-electron chi connectivity index (χ1n) is 7.75. The van der Waals surface area contributed by atoms with Crippen molar-refractivity contribution in [1.29, 1.82) is 0 Å². The fraction of sp³-hybridized carbons (Fsp3) is 0.278. The van der Waals surface area contributed by atoms with Crippen LogP contribution in [0.5, 0.6) is 0 Å². The highest BCUT2D eigenvalue weighted by molar-refractivity contribution is 6.51. The summed E-state index contributed by atoms with van der Waals surface area (Å²) in [7, 11) is 1.71. The molecule has 0 aliphatic heterocycles. The summed E-state index contributed by atoms with van der Waals surface area (Å²) in [5.74, 6) is 5.29. The summed E-state index contributed by atoms with van der Waals surface area (Å²) in [6.07, 6.45) is 8.02. The van der Waals surface area contributed by atoms with Gasteiger partial charge in [-0.05, 0) is 32.1 Å². The second kappa shape index (κ2) is 8.55. The Bertz CT molecular complexity index is 892. The van der Waals surface area contributed by atoms with E-state index in [1.807, 2.05) is 32.1 Å². The van der Waals surface area contributed by atoms with Gasteiger partial charge in [0.1, 0.15) is 5.56 Å². The number of carbonyl (C=O) groups is 1. The number of carbonyl (C=O) groups excluding carboxylic acids is 1. The average molecular weight is 337 g/mol. The summed E-state index contributed by atoms with van der Waals surface area (Å²) in [5.41, 5.74) is 1.84. The largest absolute Gasteiger partial charge is 0.341 e. The Hall–Kier alpha value is -3.27. The monoisotopic (exact) mass is 337 g/mol. The minimum absolute atomic E-state index is 0.0454. The lowest BCUT2D eigenvalue weighted by atomic mass is 10.0. The van der Waals surface area contributed by atoms with Gasteiger partial charge in [0.25, 0.3) is 11.5 Å². The van der Waals surface area contributed by atoms with E-state index in [4.69, 9.17) is 0 Å². The van der Waals surface area contributed by atoms with Crippen LogP contribution in [-0.4, -0.2) is 46.9 Å². The van der Waals surface area contributed by atoms with Gasteiger partial charge in [-0.15, -0.1) is 0 Å². The number of aromatic nitrogens is 2. The van der Waals surface area contributed by atoms with E-state index < -0.39 is 11.5 Å². The molecule has 0 spiro atoms. The Labute approximate surface area is 145 Å². The zero-order valence-electron chi connectivity index (χ0n) is 14.3. The molecule has 0 bridgehead atoms. The molecule has 1 aromatic rings. The Morgan fingerprint density at radius 3 is 2.84 bits per heavy atom. The molecule has 1 heterocycles. The van der Waals surface area contributed by atoms with Crippen LogP contribution in [-0.2, 0) is 0 Å². The number of hydrogen-bond donors (Lipinski definition) is 2. The zero-order chi connectivity index (χ0) is 18.2. The van der Waals surface area contributed by atoms with E-state index in [2.05, 4.69) is 37.1 Å². The molecule has 0 atom stereocenters. The van der Waals surface area contributed by atoms with E-state index >= 15 is 0 Å². The number of allylic oxidation sites excluding steroid dienone is 4. The number of amides is 1. The van der Waals surface area contributed by atoms with Crippen molar-refractivity contribution in [2.75, 3.05) is 13.6 Å². The maximum atomic E-state index is 11.9. The highest BCUT2D eigenvalue weighted by Crippen LogP contribution is 2.07. The molecule has 128 valence electrons. The summed E-state index contributed by atoms with van der Waals surface area (Å²) in [6.45, 7) is 4.12. The molecule has 7 nitrogen and oxygen atoms in total. The topological polar surface area (TPSA) is 99.6 Å². The van der Waals surface area contributed by atoms with Crippen molar-refractivity contribution in [3.8, 4) is 11.8 Å². The Balaban J connectivity index is 2.00. The fourth-order valence-corrected chi connectivity index (χ4v) is 2.04. The van der Waals surface area contributed by atoms with Gasteiger partial charge in [-0.2, -0.15) is 0 Å². The molecule has 2 rings (SSSR count). The van der Waals surface area contributed by atoms with Crippen molar-refractivity contribution in [1.82, 2.24) is 15.3 Å². The van der Waals surface area contributed by atoms with Gasteiger partial charge in [0.15, 0.2) is 0 Å². The highest BCUT2D eigenvalue weighted by Gasteiger charge is 2.10. The molecular weight excluding hydrogens is 318 g/mol. The molecule has 1 aromatic heterocycles. The number of aromatic amines is 1. The lowest BCUT2D eigenvalue weighted by Crippen LogP contribution is -2.29. The minimum atomic E-state index is -0.515. The quantitative estimate of drug-likeness (QED) is 0.633. The van der Waals surface area contributed by atoms with Crippen molar-refractivity contribution in [3.63, 3.8) is 0 Å².